The third-order valence-electron chi connectivity index (χ3n) is 4.48. The summed E-state index contributed by atoms with van der Waals surface area (Å²) < 4.78 is 6.93. The van der Waals surface area contributed by atoms with Gasteiger partial charge in [-0.3, -0.25) is 9.69 Å². The number of likely N-dealkylation sites (N-methyl/N-ethyl adjacent to an activating group) is 1. The number of amides is 1. The van der Waals surface area contributed by atoms with Crippen LogP contribution in [0.15, 0.2) is 12.1 Å². The summed E-state index contributed by atoms with van der Waals surface area (Å²) in [5.41, 5.74) is 2.16. The highest BCUT2D eigenvalue weighted by atomic mass is 127. The third-order valence-corrected chi connectivity index (χ3v) is 5.10. The maximum atomic E-state index is 11.6. The van der Waals surface area contributed by atoms with Crippen molar-refractivity contribution in [2.75, 3.05) is 31.1 Å². The van der Waals surface area contributed by atoms with Crippen molar-refractivity contribution in [3.63, 3.8) is 0 Å². The van der Waals surface area contributed by atoms with Gasteiger partial charge in [0.25, 0.3) is 0 Å². The monoisotopic (exact) mass is 400 g/mol. The van der Waals surface area contributed by atoms with Crippen molar-refractivity contribution in [1.82, 2.24) is 4.90 Å². The summed E-state index contributed by atoms with van der Waals surface area (Å²) in [4.78, 5) is 16.0. The summed E-state index contributed by atoms with van der Waals surface area (Å²) in [6.45, 7) is 5.87. The SMILES string of the molecule is CCN1CCCC1CN(C=O)c1cc(I)cc2c1OCC2. The molecule has 3 rings (SSSR count). The third kappa shape index (κ3) is 3.04. The Morgan fingerprint density at radius 2 is 2.38 bits per heavy atom. The number of anilines is 1. The van der Waals surface area contributed by atoms with E-state index in [1.807, 2.05) is 4.90 Å². The summed E-state index contributed by atoms with van der Waals surface area (Å²) in [6, 6.07) is 4.68. The van der Waals surface area contributed by atoms with Crippen molar-refractivity contribution in [3.05, 3.63) is 21.3 Å². The summed E-state index contributed by atoms with van der Waals surface area (Å²) in [5, 5.41) is 0. The highest BCUT2D eigenvalue weighted by molar-refractivity contribution is 14.1. The molecule has 2 heterocycles. The maximum absolute atomic E-state index is 11.6. The molecular formula is C16H21IN2O2. The van der Waals surface area contributed by atoms with Crippen LogP contribution in [-0.4, -0.2) is 43.6 Å². The lowest BCUT2D eigenvalue weighted by molar-refractivity contribution is -0.107. The fourth-order valence-corrected chi connectivity index (χ4v) is 4.08. The van der Waals surface area contributed by atoms with Gasteiger partial charge >= 0.3 is 0 Å². The minimum Gasteiger partial charge on any atom is -0.491 e. The molecule has 0 bridgehead atoms. The number of carbonyl (C=O) groups is 1. The molecule has 2 aliphatic rings. The molecule has 1 aromatic carbocycles. The van der Waals surface area contributed by atoms with E-state index in [9.17, 15) is 4.79 Å². The van der Waals surface area contributed by atoms with Crippen molar-refractivity contribution in [1.29, 1.82) is 0 Å². The molecule has 2 aliphatic heterocycles. The first kappa shape index (κ1) is 15.1. The smallest absolute Gasteiger partial charge is 0.214 e. The second-order valence-corrected chi connectivity index (χ2v) is 6.94. The van der Waals surface area contributed by atoms with Crippen LogP contribution in [0.25, 0.3) is 0 Å². The van der Waals surface area contributed by atoms with E-state index in [1.54, 1.807) is 0 Å². The topological polar surface area (TPSA) is 32.8 Å². The van der Waals surface area contributed by atoms with Crippen LogP contribution in [0.5, 0.6) is 5.75 Å². The number of halogens is 1. The fourth-order valence-electron chi connectivity index (χ4n) is 3.41. The van der Waals surface area contributed by atoms with Gasteiger partial charge in [0.1, 0.15) is 5.75 Å². The number of benzene rings is 1. The average Bonchev–Trinajstić information content (AvgIpc) is 3.11. The van der Waals surface area contributed by atoms with Crippen molar-refractivity contribution in [3.8, 4) is 5.75 Å². The van der Waals surface area contributed by atoms with Gasteiger partial charge in [0.05, 0.1) is 12.3 Å². The van der Waals surface area contributed by atoms with Gasteiger partial charge in [0, 0.05) is 28.1 Å². The largest absolute Gasteiger partial charge is 0.491 e. The van der Waals surface area contributed by atoms with E-state index in [-0.39, 0.29) is 0 Å². The van der Waals surface area contributed by atoms with Crippen LogP contribution >= 0.6 is 22.6 Å². The van der Waals surface area contributed by atoms with E-state index in [1.165, 1.54) is 18.4 Å². The first-order valence-electron chi connectivity index (χ1n) is 7.64. The molecule has 0 radical (unpaired) electrons. The molecule has 5 heteroatoms. The van der Waals surface area contributed by atoms with Crippen LogP contribution in [0.3, 0.4) is 0 Å². The molecule has 0 aliphatic carbocycles. The minimum absolute atomic E-state index is 0.468. The van der Waals surface area contributed by atoms with Crippen molar-refractivity contribution in [2.24, 2.45) is 0 Å². The Morgan fingerprint density at radius 1 is 1.52 bits per heavy atom. The normalized spacial score (nSPS) is 21.1. The number of likely N-dealkylation sites (tertiary alicyclic amines) is 1. The Morgan fingerprint density at radius 3 is 3.14 bits per heavy atom. The second-order valence-electron chi connectivity index (χ2n) is 5.69. The number of fused-ring (bicyclic) bond motifs is 1. The maximum Gasteiger partial charge on any atom is 0.214 e. The molecule has 4 nitrogen and oxygen atoms in total. The minimum atomic E-state index is 0.468. The van der Waals surface area contributed by atoms with E-state index < -0.39 is 0 Å². The van der Waals surface area contributed by atoms with Gasteiger partial charge in [-0.1, -0.05) is 6.92 Å². The zero-order valence-corrected chi connectivity index (χ0v) is 14.5. The number of ether oxygens (including phenoxy) is 1. The number of rotatable bonds is 5. The van der Waals surface area contributed by atoms with Crippen LogP contribution in [0.2, 0.25) is 0 Å². The summed E-state index contributed by atoms with van der Waals surface area (Å²) in [5.74, 6) is 0.906. The Labute approximate surface area is 139 Å². The van der Waals surface area contributed by atoms with Crippen LogP contribution < -0.4 is 9.64 Å². The molecule has 1 fully saturated rings. The molecule has 1 unspecified atom stereocenters. The molecule has 0 saturated carbocycles. The highest BCUT2D eigenvalue weighted by Crippen LogP contribution is 2.38. The van der Waals surface area contributed by atoms with Gasteiger partial charge < -0.3 is 9.64 Å². The Bertz CT molecular complexity index is 535. The Balaban J connectivity index is 1.85. The molecule has 0 spiro atoms. The first-order valence-corrected chi connectivity index (χ1v) is 8.72. The molecule has 114 valence electrons. The lowest BCUT2D eigenvalue weighted by atomic mass is 10.1. The molecule has 1 amide bonds. The second kappa shape index (κ2) is 6.52. The van der Waals surface area contributed by atoms with E-state index in [2.05, 4.69) is 46.5 Å². The van der Waals surface area contributed by atoms with E-state index in [4.69, 9.17) is 4.74 Å². The summed E-state index contributed by atoms with van der Waals surface area (Å²) in [6.07, 6.45) is 4.30. The molecule has 1 atom stereocenters. The van der Waals surface area contributed by atoms with Gasteiger partial charge in [-0.05, 0) is 60.7 Å². The first-order chi connectivity index (χ1) is 10.2. The number of carbonyl (C=O) groups excluding carboxylic acids is 1. The predicted molar refractivity (Wildman–Crippen MR) is 92.0 cm³/mol. The van der Waals surface area contributed by atoms with Crippen molar-refractivity contribution < 1.29 is 9.53 Å². The number of hydrogen-bond acceptors (Lipinski definition) is 3. The molecule has 1 saturated heterocycles. The van der Waals surface area contributed by atoms with E-state index >= 15 is 0 Å². The molecule has 1 aromatic rings. The van der Waals surface area contributed by atoms with Crippen LogP contribution in [-0.2, 0) is 11.2 Å². The van der Waals surface area contributed by atoms with Gasteiger partial charge in [0.15, 0.2) is 0 Å². The predicted octanol–water partition coefficient (Wildman–Crippen LogP) is 2.67. The number of hydrogen-bond donors (Lipinski definition) is 0. The lowest BCUT2D eigenvalue weighted by Crippen LogP contribution is -2.40. The quantitative estimate of drug-likeness (QED) is 0.563. The van der Waals surface area contributed by atoms with Crippen molar-refractivity contribution >= 4 is 34.7 Å². The van der Waals surface area contributed by atoms with Crippen molar-refractivity contribution in [2.45, 2.75) is 32.2 Å². The zero-order chi connectivity index (χ0) is 14.8. The Hall–Kier alpha value is -0.820. The van der Waals surface area contributed by atoms with Crippen LogP contribution in [0.1, 0.15) is 25.3 Å². The Kier molecular flexibility index (Phi) is 4.69. The van der Waals surface area contributed by atoms with Gasteiger partial charge in [-0.2, -0.15) is 0 Å². The molecule has 0 aromatic heterocycles. The van der Waals surface area contributed by atoms with E-state index in [0.29, 0.717) is 6.04 Å². The van der Waals surface area contributed by atoms with Gasteiger partial charge in [-0.25, -0.2) is 0 Å². The van der Waals surface area contributed by atoms with Crippen LogP contribution in [0.4, 0.5) is 5.69 Å². The zero-order valence-electron chi connectivity index (χ0n) is 12.3. The molecule has 21 heavy (non-hydrogen) atoms. The number of nitrogens with zero attached hydrogens (tertiary/aromatic N) is 2. The molecule has 0 N–H and O–H groups in total. The standard InChI is InChI=1S/C16H21IN2O2/c1-2-18-6-3-4-14(18)10-19(11-20)15-9-13(17)8-12-5-7-21-16(12)15/h8-9,11,14H,2-7,10H2,1H3. The summed E-state index contributed by atoms with van der Waals surface area (Å²) in [7, 11) is 0. The average molecular weight is 400 g/mol. The fraction of sp³-hybridized carbons (Fsp3) is 0.562. The lowest BCUT2D eigenvalue weighted by Gasteiger charge is -2.28. The van der Waals surface area contributed by atoms with Gasteiger partial charge in [0.2, 0.25) is 6.41 Å². The summed E-state index contributed by atoms with van der Waals surface area (Å²) >= 11 is 2.32. The highest BCUT2D eigenvalue weighted by Gasteiger charge is 2.28. The van der Waals surface area contributed by atoms with Crippen LogP contribution in [0, 0.1) is 3.57 Å². The van der Waals surface area contributed by atoms with Gasteiger partial charge in [-0.15, -0.1) is 0 Å². The molecular weight excluding hydrogens is 379 g/mol. The van der Waals surface area contributed by atoms with E-state index in [0.717, 1.165) is 54.1 Å².